The Labute approximate surface area is 159 Å². The minimum absolute atomic E-state index is 0.0381. The predicted molar refractivity (Wildman–Crippen MR) is 99.8 cm³/mol. The van der Waals surface area contributed by atoms with Crippen LogP contribution in [0.1, 0.15) is 24.8 Å². The van der Waals surface area contributed by atoms with Gasteiger partial charge in [0.15, 0.2) is 0 Å². The molecule has 0 aromatic heterocycles. The van der Waals surface area contributed by atoms with Crippen LogP contribution in [-0.4, -0.2) is 73.9 Å². The maximum absolute atomic E-state index is 14.2. The number of nitrogens with zero attached hydrogens (tertiary/aromatic N) is 3. The molecule has 2 fully saturated rings. The highest BCUT2D eigenvalue weighted by molar-refractivity contribution is 5.86. The van der Waals surface area contributed by atoms with Crippen molar-refractivity contribution < 1.29 is 18.7 Å². The molecule has 2 aliphatic heterocycles. The molecule has 2 amide bonds. The number of likely N-dealkylation sites (N-methyl/N-ethyl adjacent to an activating group) is 1. The third-order valence-corrected chi connectivity index (χ3v) is 5.60. The van der Waals surface area contributed by atoms with Crippen LogP contribution in [0.25, 0.3) is 0 Å². The van der Waals surface area contributed by atoms with Gasteiger partial charge in [0.1, 0.15) is 11.6 Å². The van der Waals surface area contributed by atoms with Crippen LogP contribution in [0.4, 0.5) is 4.39 Å². The van der Waals surface area contributed by atoms with Gasteiger partial charge < -0.3 is 19.4 Å². The van der Waals surface area contributed by atoms with Gasteiger partial charge >= 0.3 is 0 Å². The zero-order valence-corrected chi connectivity index (χ0v) is 16.3. The Morgan fingerprint density at radius 1 is 1.30 bits per heavy atom. The molecule has 2 heterocycles. The standard InChI is InChI=1S/C20H28FN3O3/c1-22(2)13-18(25)24-10-8-20(14-24)7-4-9-23(19(20)26)12-15-11-16(27-3)5-6-17(15)21/h5-6,11H,4,7-10,12-14H2,1-3H3/t20-/m1/s1. The average Bonchev–Trinajstić information content (AvgIpc) is 3.05. The topological polar surface area (TPSA) is 53.1 Å². The molecular formula is C20H28FN3O3. The van der Waals surface area contributed by atoms with E-state index >= 15 is 0 Å². The summed E-state index contributed by atoms with van der Waals surface area (Å²) in [6.07, 6.45) is 2.34. The summed E-state index contributed by atoms with van der Waals surface area (Å²) in [6, 6.07) is 4.59. The van der Waals surface area contributed by atoms with Crippen LogP contribution in [0, 0.1) is 11.2 Å². The van der Waals surface area contributed by atoms with E-state index in [0.717, 1.165) is 12.8 Å². The first-order valence-electron chi connectivity index (χ1n) is 9.39. The lowest BCUT2D eigenvalue weighted by Crippen LogP contribution is -2.50. The summed E-state index contributed by atoms with van der Waals surface area (Å²) in [5, 5.41) is 0. The molecule has 0 radical (unpaired) electrons. The number of ether oxygens (including phenoxy) is 1. The molecule has 3 rings (SSSR count). The van der Waals surface area contributed by atoms with Crippen molar-refractivity contribution in [3.05, 3.63) is 29.6 Å². The number of amides is 2. The van der Waals surface area contributed by atoms with Gasteiger partial charge in [-0.1, -0.05) is 0 Å². The molecule has 0 aliphatic carbocycles. The first kappa shape index (κ1) is 19.6. The molecule has 2 saturated heterocycles. The Balaban J connectivity index is 1.72. The van der Waals surface area contributed by atoms with E-state index in [2.05, 4.69) is 0 Å². The van der Waals surface area contributed by atoms with E-state index in [9.17, 15) is 14.0 Å². The molecule has 0 saturated carbocycles. The normalized spacial score (nSPS) is 22.8. The molecule has 0 bridgehead atoms. The van der Waals surface area contributed by atoms with Crippen molar-refractivity contribution in [2.45, 2.75) is 25.8 Å². The van der Waals surface area contributed by atoms with Crippen molar-refractivity contribution in [3.8, 4) is 5.75 Å². The summed E-state index contributed by atoms with van der Waals surface area (Å²) in [5.41, 5.74) is -0.0615. The fourth-order valence-electron chi connectivity index (χ4n) is 4.14. The number of carbonyl (C=O) groups is 2. The molecule has 7 heteroatoms. The van der Waals surface area contributed by atoms with Crippen molar-refractivity contribution in [1.29, 1.82) is 0 Å². The Hall–Kier alpha value is -2.15. The fourth-order valence-corrected chi connectivity index (χ4v) is 4.14. The molecule has 0 N–H and O–H groups in total. The number of hydrogen-bond acceptors (Lipinski definition) is 4. The van der Waals surface area contributed by atoms with E-state index in [4.69, 9.17) is 4.74 Å². The van der Waals surface area contributed by atoms with Crippen molar-refractivity contribution in [1.82, 2.24) is 14.7 Å². The van der Waals surface area contributed by atoms with Gasteiger partial charge in [-0.25, -0.2) is 4.39 Å². The largest absolute Gasteiger partial charge is 0.497 e. The smallest absolute Gasteiger partial charge is 0.236 e. The van der Waals surface area contributed by atoms with E-state index in [0.29, 0.717) is 43.9 Å². The van der Waals surface area contributed by atoms with E-state index in [1.807, 2.05) is 19.0 Å². The summed E-state index contributed by atoms with van der Waals surface area (Å²) < 4.78 is 19.4. The number of piperidine rings is 1. The summed E-state index contributed by atoms with van der Waals surface area (Å²) in [4.78, 5) is 31.0. The van der Waals surface area contributed by atoms with Gasteiger partial charge in [0, 0.05) is 31.7 Å². The zero-order valence-electron chi connectivity index (χ0n) is 16.3. The summed E-state index contributed by atoms with van der Waals surface area (Å²) in [5.74, 6) is 0.334. The van der Waals surface area contributed by atoms with Crippen molar-refractivity contribution >= 4 is 11.8 Å². The second-order valence-corrected chi connectivity index (χ2v) is 7.87. The van der Waals surface area contributed by atoms with Crippen molar-refractivity contribution in [2.24, 2.45) is 5.41 Å². The number of likely N-dealkylation sites (tertiary alicyclic amines) is 2. The van der Waals surface area contributed by atoms with E-state index < -0.39 is 5.41 Å². The zero-order chi connectivity index (χ0) is 19.6. The van der Waals surface area contributed by atoms with Crippen LogP contribution >= 0.6 is 0 Å². The summed E-state index contributed by atoms with van der Waals surface area (Å²) >= 11 is 0. The Kier molecular flexibility index (Phi) is 5.69. The van der Waals surface area contributed by atoms with Crippen LogP contribution in [0.2, 0.25) is 0 Å². The number of methoxy groups -OCH3 is 1. The van der Waals surface area contributed by atoms with Gasteiger partial charge in [-0.3, -0.25) is 9.59 Å². The van der Waals surface area contributed by atoms with Crippen molar-refractivity contribution in [3.63, 3.8) is 0 Å². The minimum atomic E-state index is -0.518. The highest BCUT2D eigenvalue weighted by Crippen LogP contribution is 2.40. The van der Waals surface area contributed by atoms with Gasteiger partial charge in [-0.15, -0.1) is 0 Å². The number of benzene rings is 1. The van der Waals surface area contributed by atoms with Gasteiger partial charge in [0.25, 0.3) is 0 Å². The molecule has 1 spiro atoms. The SMILES string of the molecule is COc1ccc(F)c(CN2CCC[C@]3(CCN(C(=O)CN(C)C)C3)C2=O)c1. The Morgan fingerprint density at radius 2 is 2.07 bits per heavy atom. The second kappa shape index (κ2) is 7.84. The van der Waals surface area contributed by atoms with Crippen LogP contribution in [-0.2, 0) is 16.1 Å². The van der Waals surface area contributed by atoms with Crippen LogP contribution < -0.4 is 4.74 Å². The lowest BCUT2D eigenvalue weighted by molar-refractivity contribution is -0.147. The molecular weight excluding hydrogens is 349 g/mol. The molecule has 1 atom stereocenters. The van der Waals surface area contributed by atoms with Gasteiger partial charge in [0.2, 0.25) is 11.8 Å². The lowest BCUT2D eigenvalue weighted by atomic mass is 9.78. The Bertz CT molecular complexity index is 724. The van der Waals surface area contributed by atoms with Crippen LogP contribution in [0.5, 0.6) is 5.75 Å². The predicted octanol–water partition coefficient (Wildman–Crippen LogP) is 1.74. The van der Waals surface area contributed by atoms with E-state index in [1.54, 1.807) is 21.9 Å². The second-order valence-electron chi connectivity index (χ2n) is 7.87. The van der Waals surface area contributed by atoms with Gasteiger partial charge in [-0.2, -0.15) is 0 Å². The highest BCUT2D eigenvalue weighted by atomic mass is 19.1. The first-order valence-corrected chi connectivity index (χ1v) is 9.39. The molecule has 148 valence electrons. The molecule has 27 heavy (non-hydrogen) atoms. The average molecular weight is 377 g/mol. The maximum Gasteiger partial charge on any atom is 0.236 e. The van der Waals surface area contributed by atoms with Gasteiger partial charge in [-0.05, 0) is 51.6 Å². The first-order chi connectivity index (χ1) is 12.8. The quantitative estimate of drug-likeness (QED) is 0.784. The van der Waals surface area contributed by atoms with Crippen LogP contribution in [0.15, 0.2) is 18.2 Å². The minimum Gasteiger partial charge on any atom is -0.497 e. The molecule has 1 aromatic rings. The van der Waals surface area contributed by atoms with E-state index in [-0.39, 0.29) is 24.2 Å². The van der Waals surface area contributed by atoms with Gasteiger partial charge in [0.05, 0.1) is 19.1 Å². The van der Waals surface area contributed by atoms with E-state index in [1.165, 1.54) is 13.2 Å². The number of rotatable bonds is 5. The number of hydrogen-bond donors (Lipinski definition) is 0. The maximum atomic E-state index is 14.2. The third-order valence-electron chi connectivity index (χ3n) is 5.60. The monoisotopic (exact) mass is 377 g/mol. The molecule has 2 aliphatic rings. The molecule has 0 unspecified atom stereocenters. The lowest BCUT2D eigenvalue weighted by Gasteiger charge is -2.39. The summed E-state index contributed by atoms with van der Waals surface area (Å²) in [6.45, 7) is 2.27. The third kappa shape index (κ3) is 4.08. The highest BCUT2D eigenvalue weighted by Gasteiger charge is 2.49. The van der Waals surface area contributed by atoms with Crippen LogP contribution in [0.3, 0.4) is 0 Å². The van der Waals surface area contributed by atoms with Crippen molar-refractivity contribution in [2.75, 3.05) is 47.4 Å². The molecule has 6 nitrogen and oxygen atoms in total. The summed E-state index contributed by atoms with van der Waals surface area (Å²) in [7, 11) is 5.26. The fraction of sp³-hybridized carbons (Fsp3) is 0.600. The Morgan fingerprint density at radius 3 is 2.78 bits per heavy atom. The number of halogens is 1. The molecule has 1 aromatic carbocycles. The number of carbonyl (C=O) groups excluding carboxylic acids is 2.